The molecule has 1 aliphatic rings. The Kier molecular flexibility index (Phi) is 6.68. The van der Waals surface area contributed by atoms with E-state index in [1.54, 1.807) is 23.2 Å². The standard InChI is InChI=1S/C20H31N3O4/c1-7-23(19(25)27-20(4,5)6)15-10-12-22(13-15)17-16(9-8-11-21-17)18(24)26-14(2)3/h8-9,11,14-15H,7,10,12-13H2,1-6H3/t15-/m0/s1. The zero-order valence-corrected chi connectivity index (χ0v) is 17.2. The van der Waals surface area contributed by atoms with Gasteiger partial charge in [0.1, 0.15) is 17.0 Å². The predicted molar refractivity (Wildman–Crippen MR) is 104 cm³/mol. The number of rotatable bonds is 5. The van der Waals surface area contributed by atoms with Gasteiger partial charge in [-0.1, -0.05) is 0 Å². The third-order valence-corrected chi connectivity index (χ3v) is 4.22. The van der Waals surface area contributed by atoms with Gasteiger partial charge in [0.15, 0.2) is 0 Å². The Balaban J connectivity index is 2.14. The summed E-state index contributed by atoms with van der Waals surface area (Å²) in [6.45, 7) is 13.0. The Morgan fingerprint density at radius 2 is 2.07 bits per heavy atom. The minimum atomic E-state index is -0.530. The van der Waals surface area contributed by atoms with E-state index in [0.29, 0.717) is 31.0 Å². The largest absolute Gasteiger partial charge is 0.459 e. The number of carbonyl (C=O) groups excluding carboxylic acids is 2. The first-order valence-corrected chi connectivity index (χ1v) is 9.53. The van der Waals surface area contributed by atoms with E-state index in [2.05, 4.69) is 4.98 Å². The number of esters is 1. The normalized spacial score (nSPS) is 17.1. The van der Waals surface area contributed by atoms with Crippen LogP contribution in [-0.4, -0.2) is 59.3 Å². The average molecular weight is 377 g/mol. The number of hydrogen-bond donors (Lipinski definition) is 0. The van der Waals surface area contributed by atoms with Crippen LogP contribution >= 0.6 is 0 Å². The third-order valence-electron chi connectivity index (χ3n) is 4.22. The molecule has 27 heavy (non-hydrogen) atoms. The van der Waals surface area contributed by atoms with Crippen LogP contribution < -0.4 is 4.90 Å². The van der Waals surface area contributed by atoms with Crippen LogP contribution in [0.4, 0.5) is 10.6 Å². The fourth-order valence-corrected chi connectivity index (χ4v) is 3.13. The quantitative estimate of drug-likeness (QED) is 0.732. The first-order chi connectivity index (χ1) is 12.6. The number of aromatic nitrogens is 1. The molecule has 1 atom stereocenters. The van der Waals surface area contributed by atoms with Crippen molar-refractivity contribution in [3.63, 3.8) is 0 Å². The summed E-state index contributed by atoms with van der Waals surface area (Å²) in [5.41, 5.74) is -0.0791. The van der Waals surface area contributed by atoms with Gasteiger partial charge >= 0.3 is 12.1 Å². The number of carbonyl (C=O) groups is 2. The van der Waals surface area contributed by atoms with Crippen LogP contribution in [0.25, 0.3) is 0 Å². The van der Waals surface area contributed by atoms with Crippen molar-refractivity contribution in [2.24, 2.45) is 0 Å². The van der Waals surface area contributed by atoms with Crippen molar-refractivity contribution in [2.75, 3.05) is 24.5 Å². The molecule has 0 saturated carbocycles. The van der Waals surface area contributed by atoms with Crippen LogP contribution in [0.1, 0.15) is 58.3 Å². The van der Waals surface area contributed by atoms with Crippen LogP contribution in [0.3, 0.4) is 0 Å². The lowest BCUT2D eigenvalue weighted by Crippen LogP contribution is -2.44. The highest BCUT2D eigenvalue weighted by atomic mass is 16.6. The van der Waals surface area contributed by atoms with Crippen molar-refractivity contribution >= 4 is 17.9 Å². The molecule has 1 fully saturated rings. The average Bonchev–Trinajstić information content (AvgIpc) is 3.02. The van der Waals surface area contributed by atoms with Gasteiger partial charge < -0.3 is 19.3 Å². The van der Waals surface area contributed by atoms with E-state index >= 15 is 0 Å². The maximum Gasteiger partial charge on any atom is 0.410 e. The van der Waals surface area contributed by atoms with Gasteiger partial charge in [0.05, 0.1) is 12.1 Å². The van der Waals surface area contributed by atoms with E-state index in [1.165, 1.54) is 0 Å². The van der Waals surface area contributed by atoms with Gasteiger partial charge in [0.25, 0.3) is 0 Å². The van der Waals surface area contributed by atoms with Crippen molar-refractivity contribution in [3.8, 4) is 0 Å². The first-order valence-electron chi connectivity index (χ1n) is 9.53. The molecule has 1 saturated heterocycles. The smallest absolute Gasteiger partial charge is 0.410 e. The summed E-state index contributed by atoms with van der Waals surface area (Å²) in [5.74, 6) is 0.224. The number of ether oxygens (including phenoxy) is 2. The second kappa shape index (κ2) is 8.59. The van der Waals surface area contributed by atoms with Gasteiger partial charge in [-0.05, 0) is 60.1 Å². The molecule has 1 aromatic rings. The first kappa shape index (κ1) is 21.0. The summed E-state index contributed by atoms with van der Waals surface area (Å²) in [7, 11) is 0. The number of hydrogen-bond acceptors (Lipinski definition) is 6. The van der Waals surface area contributed by atoms with E-state index in [4.69, 9.17) is 9.47 Å². The zero-order valence-electron chi connectivity index (χ0n) is 17.2. The van der Waals surface area contributed by atoms with E-state index < -0.39 is 5.60 Å². The van der Waals surface area contributed by atoms with Crippen LogP contribution in [0.5, 0.6) is 0 Å². The van der Waals surface area contributed by atoms with Crippen molar-refractivity contribution in [1.82, 2.24) is 9.88 Å². The SMILES string of the molecule is CCN(C(=O)OC(C)(C)C)[C@H]1CCN(c2ncccc2C(=O)OC(C)C)C1. The van der Waals surface area contributed by atoms with E-state index in [1.807, 2.05) is 46.4 Å². The Hall–Kier alpha value is -2.31. The third kappa shape index (κ3) is 5.58. The van der Waals surface area contributed by atoms with Crippen molar-refractivity contribution in [1.29, 1.82) is 0 Å². The minimum absolute atomic E-state index is 0.0147. The molecule has 7 nitrogen and oxygen atoms in total. The summed E-state index contributed by atoms with van der Waals surface area (Å²) in [4.78, 5) is 33.1. The van der Waals surface area contributed by atoms with Gasteiger partial charge in [-0.2, -0.15) is 0 Å². The van der Waals surface area contributed by atoms with Gasteiger partial charge in [-0.25, -0.2) is 14.6 Å². The summed E-state index contributed by atoms with van der Waals surface area (Å²) in [6.07, 6.45) is 1.96. The van der Waals surface area contributed by atoms with Gasteiger partial charge in [0.2, 0.25) is 0 Å². The summed E-state index contributed by atoms with van der Waals surface area (Å²) in [5, 5.41) is 0. The highest BCUT2D eigenvalue weighted by Crippen LogP contribution is 2.26. The summed E-state index contributed by atoms with van der Waals surface area (Å²) >= 11 is 0. The number of pyridine rings is 1. The lowest BCUT2D eigenvalue weighted by molar-refractivity contribution is 0.0190. The maximum absolute atomic E-state index is 12.5. The van der Waals surface area contributed by atoms with E-state index in [9.17, 15) is 9.59 Å². The van der Waals surface area contributed by atoms with Crippen LogP contribution in [0, 0.1) is 0 Å². The molecular formula is C20H31N3O4. The lowest BCUT2D eigenvalue weighted by atomic mass is 10.2. The second-order valence-corrected chi connectivity index (χ2v) is 7.98. The van der Waals surface area contributed by atoms with Crippen molar-refractivity contribution in [2.45, 2.75) is 65.7 Å². The Bertz CT molecular complexity index is 669. The molecule has 0 unspecified atom stereocenters. The molecule has 1 aromatic heterocycles. The fraction of sp³-hybridized carbons (Fsp3) is 0.650. The number of nitrogens with zero attached hydrogens (tertiary/aromatic N) is 3. The topological polar surface area (TPSA) is 72.0 Å². The highest BCUT2D eigenvalue weighted by Gasteiger charge is 2.34. The molecule has 150 valence electrons. The highest BCUT2D eigenvalue weighted by molar-refractivity contribution is 5.95. The molecule has 0 spiro atoms. The number of anilines is 1. The molecule has 1 aliphatic heterocycles. The lowest BCUT2D eigenvalue weighted by Gasteiger charge is -2.31. The van der Waals surface area contributed by atoms with E-state index in [0.717, 1.165) is 6.42 Å². The van der Waals surface area contributed by atoms with Crippen LogP contribution in [0.15, 0.2) is 18.3 Å². The monoisotopic (exact) mass is 377 g/mol. The molecule has 2 rings (SSSR count). The molecule has 0 aromatic carbocycles. The molecule has 0 radical (unpaired) electrons. The second-order valence-electron chi connectivity index (χ2n) is 7.98. The summed E-state index contributed by atoms with van der Waals surface area (Å²) < 4.78 is 10.9. The Morgan fingerprint density at radius 1 is 1.37 bits per heavy atom. The van der Waals surface area contributed by atoms with Gasteiger partial charge in [0, 0.05) is 25.8 Å². The summed E-state index contributed by atoms with van der Waals surface area (Å²) in [6, 6.07) is 3.47. The minimum Gasteiger partial charge on any atom is -0.459 e. The molecule has 7 heteroatoms. The predicted octanol–water partition coefficient (Wildman–Crippen LogP) is 3.48. The Morgan fingerprint density at radius 3 is 2.67 bits per heavy atom. The molecule has 2 heterocycles. The van der Waals surface area contributed by atoms with E-state index in [-0.39, 0.29) is 24.2 Å². The zero-order chi connectivity index (χ0) is 20.2. The molecule has 0 bridgehead atoms. The number of amides is 1. The van der Waals surface area contributed by atoms with Crippen LogP contribution in [-0.2, 0) is 9.47 Å². The van der Waals surface area contributed by atoms with Gasteiger partial charge in [-0.15, -0.1) is 0 Å². The Labute approximate surface area is 161 Å². The maximum atomic E-state index is 12.5. The molecule has 0 N–H and O–H groups in total. The fourth-order valence-electron chi connectivity index (χ4n) is 3.13. The molecule has 1 amide bonds. The van der Waals surface area contributed by atoms with Crippen molar-refractivity contribution in [3.05, 3.63) is 23.9 Å². The van der Waals surface area contributed by atoms with Gasteiger partial charge in [-0.3, -0.25) is 0 Å². The molecular weight excluding hydrogens is 346 g/mol. The molecule has 0 aliphatic carbocycles. The van der Waals surface area contributed by atoms with Crippen molar-refractivity contribution < 1.29 is 19.1 Å². The number of likely N-dealkylation sites (N-methyl/N-ethyl adjacent to an activating group) is 1. The van der Waals surface area contributed by atoms with Crippen LogP contribution in [0.2, 0.25) is 0 Å².